The molecule has 0 fully saturated rings. The molecule has 0 aromatic heterocycles. The molecule has 2 aromatic carbocycles. The van der Waals surface area contributed by atoms with Gasteiger partial charge in [0.2, 0.25) is 21.8 Å². The van der Waals surface area contributed by atoms with Gasteiger partial charge in [0.05, 0.1) is 27.0 Å². The lowest BCUT2D eigenvalue weighted by molar-refractivity contribution is -0.139. The van der Waals surface area contributed by atoms with Crippen LogP contribution in [-0.2, 0) is 26.2 Å². The molecule has 0 heterocycles. The van der Waals surface area contributed by atoms with E-state index in [0.29, 0.717) is 22.2 Å². The van der Waals surface area contributed by atoms with Crippen LogP contribution >= 0.6 is 58.0 Å². The highest BCUT2D eigenvalue weighted by Crippen LogP contribution is 2.36. The molecule has 0 saturated carbocycles. The number of rotatable bonds is 11. The summed E-state index contributed by atoms with van der Waals surface area (Å²) in [4.78, 5) is 27.7. The number of carbonyl (C=O) groups is 2. The van der Waals surface area contributed by atoms with Crippen LogP contribution in [0.2, 0.25) is 25.1 Å². The number of hydrogen-bond acceptors (Lipinski definition) is 4. The summed E-state index contributed by atoms with van der Waals surface area (Å²) in [6.45, 7) is 3.17. The van der Waals surface area contributed by atoms with Gasteiger partial charge in [0, 0.05) is 28.7 Å². The highest BCUT2D eigenvalue weighted by Gasteiger charge is 2.31. The highest BCUT2D eigenvalue weighted by molar-refractivity contribution is 7.92. The van der Waals surface area contributed by atoms with Gasteiger partial charge in [-0.05, 0) is 37.6 Å². The van der Waals surface area contributed by atoms with Crippen LogP contribution < -0.4 is 9.62 Å². The van der Waals surface area contributed by atoms with E-state index in [1.54, 1.807) is 25.1 Å². The molecule has 1 N–H and O–H groups in total. The first-order valence-corrected chi connectivity index (χ1v) is 14.6. The van der Waals surface area contributed by atoms with Crippen LogP contribution in [0.15, 0.2) is 30.3 Å². The van der Waals surface area contributed by atoms with Crippen LogP contribution in [0, 0.1) is 0 Å². The minimum Gasteiger partial charge on any atom is -0.354 e. The number of anilines is 1. The first-order chi connectivity index (χ1) is 16.8. The summed E-state index contributed by atoms with van der Waals surface area (Å²) < 4.78 is 26.2. The number of nitrogens with one attached hydrogen (secondary N) is 1. The SMILES string of the molecule is CCCCNC(=O)[C@@H](C)N(Cc1c(Cl)cccc1Cl)C(=O)CN(c1cc(Cl)c(Cl)cc1Cl)S(C)(=O)=O. The van der Waals surface area contributed by atoms with Gasteiger partial charge in [-0.2, -0.15) is 0 Å². The largest absolute Gasteiger partial charge is 0.354 e. The Hall–Kier alpha value is -1.42. The van der Waals surface area contributed by atoms with Crippen LogP contribution in [0.25, 0.3) is 0 Å². The third kappa shape index (κ3) is 8.04. The van der Waals surface area contributed by atoms with E-state index in [4.69, 9.17) is 58.0 Å². The lowest BCUT2D eigenvalue weighted by Gasteiger charge is -2.32. The van der Waals surface area contributed by atoms with Crippen molar-refractivity contribution in [3.63, 3.8) is 0 Å². The van der Waals surface area contributed by atoms with Crippen molar-refractivity contribution in [1.82, 2.24) is 10.2 Å². The minimum atomic E-state index is -4.00. The van der Waals surface area contributed by atoms with Crippen LogP contribution in [0.5, 0.6) is 0 Å². The molecule has 0 saturated heterocycles. The predicted molar refractivity (Wildman–Crippen MR) is 148 cm³/mol. The Bertz CT molecular complexity index is 1210. The van der Waals surface area contributed by atoms with E-state index in [-0.39, 0.29) is 27.3 Å². The number of sulfonamides is 1. The number of hydrogen-bond donors (Lipinski definition) is 1. The van der Waals surface area contributed by atoms with E-state index in [1.165, 1.54) is 17.0 Å². The van der Waals surface area contributed by atoms with E-state index in [9.17, 15) is 18.0 Å². The van der Waals surface area contributed by atoms with E-state index in [2.05, 4.69) is 5.32 Å². The average Bonchev–Trinajstić information content (AvgIpc) is 2.78. The summed E-state index contributed by atoms with van der Waals surface area (Å²) in [6, 6.07) is 6.45. The van der Waals surface area contributed by atoms with Crippen LogP contribution in [0.1, 0.15) is 32.3 Å². The lowest BCUT2D eigenvalue weighted by Crippen LogP contribution is -2.51. The van der Waals surface area contributed by atoms with Gasteiger partial charge in [0.15, 0.2) is 0 Å². The van der Waals surface area contributed by atoms with Gasteiger partial charge in [-0.3, -0.25) is 13.9 Å². The van der Waals surface area contributed by atoms with Gasteiger partial charge in [0.25, 0.3) is 0 Å². The van der Waals surface area contributed by atoms with Gasteiger partial charge >= 0.3 is 0 Å². The van der Waals surface area contributed by atoms with Gasteiger partial charge in [-0.1, -0.05) is 77.4 Å². The van der Waals surface area contributed by atoms with Crippen molar-refractivity contribution in [3.8, 4) is 0 Å². The Balaban J connectivity index is 2.48. The number of nitrogens with zero attached hydrogens (tertiary/aromatic N) is 2. The Morgan fingerprint density at radius 2 is 1.56 bits per heavy atom. The number of unbranched alkanes of at least 4 members (excludes halogenated alkanes) is 1. The molecule has 1 atom stereocenters. The van der Waals surface area contributed by atoms with Gasteiger partial charge < -0.3 is 10.2 Å². The minimum absolute atomic E-state index is 0.0197. The Morgan fingerprint density at radius 3 is 2.11 bits per heavy atom. The van der Waals surface area contributed by atoms with Crippen LogP contribution in [0.4, 0.5) is 5.69 Å². The molecule has 36 heavy (non-hydrogen) atoms. The third-order valence-electron chi connectivity index (χ3n) is 5.32. The van der Waals surface area contributed by atoms with Gasteiger partial charge in [-0.25, -0.2) is 8.42 Å². The molecule has 2 rings (SSSR count). The maximum Gasteiger partial charge on any atom is 0.244 e. The molecule has 7 nitrogen and oxygen atoms in total. The molecule has 198 valence electrons. The van der Waals surface area contributed by atoms with Crippen LogP contribution in [0.3, 0.4) is 0 Å². The smallest absolute Gasteiger partial charge is 0.244 e. The van der Waals surface area contributed by atoms with E-state index < -0.39 is 34.4 Å². The summed E-state index contributed by atoms with van der Waals surface area (Å²) >= 11 is 30.9. The molecule has 2 amide bonds. The second-order valence-corrected chi connectivity index (χ2v) is 12.0. The second kappa shape index (κ2) is 13.4. The van der Waals surface area contributed by atoms with Crippen molar-refractivity contribution >= 4 is 85.5 Å². The molecule has 0 bridgehead atoms. The molecule has 0 unspecified atom stereocenters. The van der Waals surface area contributed by atoms with E-state index >= 15 is 0 Å². The standard InChI is InChI=1S/C23H26Cl5N3O4S/c1-4-5-9-29-23(33)14(2)30(12-15-16(24)7-6-8-17(15)25)22(32)13-31(36(3,34)35)21-11-19(27)18(26)10-20(21)28/h6-8,10-11,14H,4-5,9,12-13H2,1-3H3,(H,29,33)/t14-/m1/s1. The molecule has 0 aliphatic heterocycles. The fraction of sp³-hybridized carbons (Fsp3) is 0.391. The highest BCUT2D eigenvalue weighted by atomic mass is 35.5. The molecular formula is C23H26Cl5N3O4S. The Labute approximate surface area is 236 Å². The summed E-state index contributed by atoms with van der Waals surface area (Å²) in [6.07, 6.45) is 2.57. The fourth-order valence-corrected chi connectivity index (χ4v) is 5.33. The molecule has 0 aliphatic carbocycles. The van der Waals surface area contributed by atoms with E-state index in [0.717, 1.165) is 23.4 Å². The van der Waals surface area contributed by atoms with Crippen molar-refractivity contribution < 1.29 is 18.0 Å². The summed E-state index contributed by atoms with van der Waals surface area (Å²) in [5.74, 6) is -1.09. The van der Waals surface area contributed by atoms with Crippen molar-refractivity contribution in [2.24, 2.45) is 0 Å². The zero-order valence-electron chi connectivity index (χ0n) is 19.8. The maximum atomic E-state index is 13.6. The maximum absolute atomic E-state index is 13.6. The topological polar surface area (TPSA) is 86.8 Å². The third-order valence-corrected chi connectivity index (χ3v) is 8.18. The van der Waals surface area contributed by atoms with Crippen molar-refractivity contribution in [2.75, 3.05) is 23.7 Å². The monoisotopic (exact) mass is 615 g/mol. The van der Waals surface area contributed by atoms with E-state index in [1.807, 2.05) is 6.92 Å². The van der Waals surface area contributed by atoms with Crippen molar-refractivity contribution in [3.05, 3.63) is 61.0 Å². The lowest BCUT2D eigenvalue weighted by atomic mass is 10.1. The molecular weight excluding hydrogens is 592 g/mol. The average molecular weight is 618 g/mol. The summed E-state index contributed by atoms with van der Waals surface area (Å²) in [7, 11) is -4.00. The molecule has 0 aliphatic rings. The number of halogens is 5. The second-order valence-electron chi connectivity index (χ2n) is 8.03. The quantitative estimate of drug-likeness (QED) is 0.246. The van der Waals surface area contributed by atoms with Crippen molar-refractivity contribution in [2.45, 2.75) is 39.3 Å². The zero-order valence-corrected chi connectivity index (χ0v) is 24.4. The van der Waals surface area contributed by atoms with Gasteiger partial charge in [0.1, 0.15) is 12.6 Å². The molecule has 13 heteroatoms. The first-order valence-electron chi connectivity index (χ1n) is 10.9. The summed E-state index contributed by atoms with van der Waals surface area (Å²) in [5, 5.41) is 3.54. The zero-order chi connectivity index (χ0) is 27.2. The normalized spacial score (nSPS) is 12.2. The number of carbonyl (C=O) groups excluding carboxylic acids is 2. The van der Waals surface area contributed by atoms with Crippen LogP contribution in [-0.4, -0.2) is 50.5 Å². The van der Waals surface area contributed by atoms with Crippen molar-refractivity contribution in [1.29, 1.82) is 0 Å². The number of amides is 2. The molecule has 0 radical (unpaired) electrons. The summed E-state index contributed by atoms with van der Waals surface area (Å²) in [5.41, 5.74) is 0.388. The Morgan fingerprint density at radius 1 is 0.972 bits per heavy atom. The van der Waals surface area contributed by atoms with Gasteiger partial charge in [-0.15, -0.1) is 0 Å². The molecule has 0 spiro atoms. The number of benzene rings is 2. The molecule has 2 aromatic rings. The first kappa shape index (κ1) is 30.8. The Kier molecular flexibility index (Phi) is 11.5. The fourth-order valence-electron chi connectivity index (χ4n) is 3.27. The predicted octanol–water partition coefficient (Wildman–Crippen LogP) is 6.05.